The third-order valence-electron chi connectivity index (χ3n) is 2.97. The highest BCUT2D eigenvalue weighted by molar-refractivity contribution is 7.09. The number of nitrogens with zero attached hydrogens (tertiary/aromatic N) is 1. The number of rotatable bonds is 8. The number of methoxy groups -OCH3 is 2. The van der Waals surface area contributed by atoms with E-state index in [9.17, 15) is 4.79 Å². The van der Waals surface area contributed by atoms with E-state index in [1.807, 2.05) is 17.5 Å². The zero-order valence-corrected chi connectivity index (χ0v) is 14.8. The summed E-state index contributed by atoms with van der Waals surface area (Å²) >= 11 is 7.67. The summed E-state index contributed by atoms with van der Waals surface area (Å²) in [5.74, 6) is 0.691. The lowest BCUT2D eigenvalue weighted by Crippen LogP contribution is -2.26. The molecule has 0 atom stereocenters. The molecule has 0 aliphatic carbocycles. The summed E-state index contributed by atoms with van der Waals surface area (Å²) in [6.07, 6.45) is 1.44. The van der Waals surface area contributed by atoms with Crippen LogP contribution in [0.2, 0.25) is 5.02 Å². The Bertz CT molecular complexity index is 704. The summed E-state index contributed by atoms with van der Waals surface area (Å²) in [6, 6.07) is 7.24. The topological polar surface area (TPSA) is 69.2 Å². The highest BCUT2D eigenvalue weighted by atomic mass is 35.5. The zero-order valence-electron chi connectivity index (χ0n) is 13.2. The highest BCUT2D eigenvalue weighted by Gasteiger charge is 2.10. The Hall–Kier alpha value is -2.25. The maximum Gasteiger partial charge on any atom is 0.261 e. The zero-order chi connectivity index (χ0) is 17.4. The first-order chi connectivity index (χ1) is 11.6. The van der Waals surface area contributed by atoms with Crippen LogP contribution < -0.4 is 14.8 Å². The Kier molecular flexibility index (Phi) is 6.89. The summed E-state index contributed by atoms with van der Waals surface area (Å²) in [4.78, 5) is 17.7. The molecule has 6 nitrogen and oxygen atoms in total. The van der Waals surface area contributed by atoms with E-state index in [1.54, 1.807) is 23.5 Å². The van der Waals surface area contributed by atoms with E-state index in [1.165, 1.54) is 20.4 Å². The number of amides is 1. The minimum Gasteiger partial charge on any atom is -0.493 e. The van der Waals surface area contributed by atoms with Crippen molar-refractivity contribution < 1.29 is 19.1 Å². The normalized spacial score (nSPS) is 10.6. The van der Waals surface area contributed by atoms with Crippen molar-refractivity contribution in [1.82, 2.24) is 5.32 Å². The molecule has 0 spiro atoms. The first kappa shape index (κ1) is 18.1. The van der Waals surface area contributed by atoms with Crippen LogP contribution in [0.15, 0.2) is 34.8 Å². The lowest BCUT2D eigenvalue weighted by molar-refractivity contribution is -0.125. The number of thiophene rings is 1. The summed E-state index contributed by atoms with van der Waals surface area (Å²) in [6.45, 7) is 0.317. The van der Waals surface area contributed by atoms with Gasteiger partial charge in [-0.3, -0.25) is 4.79 Å². The Morgan fingerprint density at radius 2 is 2.21 bits per heavy atom. The maximum absolute atomic E-state index is 11.6. The molecule has 0 aliphatic heterocycles. The quantitative estimate of drug-likeness (QED) is 0.574. The summed E-state index contributed by atoms with van der Waals surface area (Å²) in [5.41, 5.74) is 0.664. The lowest BCUT2D eigenvalue weighted by Gasteiger charge is -2.09. The number of benzene rings is 1. The van der Waals surface area contributed by atoms with E-state index in [-0.39, 0.29) is 12.5 Å². The van der Waals surface area contributed by atoms with Gasteiger partial charge in [-0.05, 0) is 23.6 Å². The molecule has 2 rings (SSSR count). The van der Waals surface area contributed by atoms with E-state index in [4.69, 9.17) is 25.9 Å². The number of hydrogen-bond acceptors (Lipinski definition) is 6. The van der Waals surface area contributed by atoms with Crippen LogP contribution in [0.5, 0.6) is 11.5 Å². The molecule has 1 aromatic heterocycles. The molecular weight excluding hydrogens is 352 g/mol. The minimum absolute atomic E-state index is 0.164. The van der Waals surface area contributed by atoms with Crippen LogP contribution in [0.4, 0.5) is 0 Å². The van der Waals surface area contributed by atoms with Crippen molar-refractivity contribution in [3.63, 3.8) is 0 Å². The number of halogens is 1. The van der Waals surface area contributed by atoms with Crippen molar-refractivity contribution >= 4 is 35.1 Å². The predicted octanol–water partition coefficient (Wildman–Crippen LogP) is 3.09. The van der Waals surface area contributed by atoms with Crippen molar-refractivity contribution in [3.05, 3.63) is 45.1 Å². The molecule has 1 aromatic carbocycles. The Labute approximate surface area is 149 Å². The van der Waals surface area contributed by atoms with E-state index in [2.05, 4.69) is 10.5 Å². The largest absolute Gasteiger partial charge is 0.493 e. The van der Waals surface area contributed by atoms with Crippen LogP contribution in [0.3, 0.4) is 0 Å². The standard InChI is InChI=1S/C16H17ClN2O4S/c1-21-14-7-11(6-13(17)16(14)22-2)8-19-23-10-15(20)18-9-12-4-3-5-24-12/h3-8H,9-10H2,1-2H3,(H,18,20)/b19-8-. The number of nitrogens with one attached hydrogen (secondary N) is 1. The van der Waals surface area contributed by atoms with Crippen LogP contribution in [0, 0.1) is 0 Å². The molecule has 1 N–H and O–H groups in total. The Morgan fingerprint density at radius 3 is 2.88 bits per heavy atom. The molecule has 128 valence electrons. The van der Waals surface area contributed by atoms with E-state index < -0.39 is 0 Å². The second-order valence-electron chi connectivity index (χ2n) is 4.60. The fourth-order valence-corrected chi connectivity index (χ4v) is 2.80. The van der Waals surface area contributed by atoms with Gasteiger partial charge in [-0.15, -0.1) is 11.3 Å². The average molecular weight is 369 g/mol. The molecule has 0 saturated heterocycles. The van der Waals surface area contributed by atoms with Gasteiger partial charge in [0, 0.05) is 10.4 Å². The third kappa shape index (κ3) is 5.14. The number of carbonyl (C=O) groups is 1. The summed E-state index contributed by atoms with van der Waals surface area (Å²) in [7, 11) is 3.03. The van der Waals surface area contributed by atoms with E-state index >= 15 is 0 Å². The van der Waals surface area contributed by atoms with Gasteiger partial charge in [-0.25, -0.2) is 0 Å². The smallest absolute Gasteiger partial charge is 0.261 e. The molecule has 0 unspecified atom stereocenters. The molecule has 0 saturated carbocycles. The number of carbonyl (C=O) groups excluding carboxylic acids is 1. The van der Waals surface area contributed by atoms with Gasteiger partial charge in [0.15, 0.2) is 18.1 Å². The molecule has 2 aromatic rings. The number of oxime groups is 1. The van der Waals surface area contributed by atoms with Gasteiger partial charge < -0.3 is 19.6 Å². The van der Waals surface area contributed by atoms with Crippen molar-refractivity contribution in [2.75, 3.05) is 20.8 Å². The van der Waals surface area contributed by atoms with Gasteiger partial charge in [0.25, 0.3) is 5.91 Å². The SMILES string of the molecule is COc1cc(/C=N\OCC(=O)NCc2cccs2)cc(Cl)c1OC. The van der Waals surface area contributed by atoms with Crippen LogP contribution in [-0.4, -0.2) is 32.9 Å². The fourth-order valence-electron chi connectivity index (χ4n) is 1.86. The first-order valence-corrected chi connectivity index (χ1v) is 8.25. The second-order valence-corrected chi connectivity index (χ2v) is 6.04. The van der Waals surface area contributed by atoms with Gasteiger partial charge in [-0.2, -0.15) is 0 Å². The van der Waals surface area contributed by atoms with Crippen LogP contribution >= 0.6 is 22.9 Å². The van der Waals surface area contributed by atoms with Crippen LogP contribution in [0.1, 0.15) is 10.4 Å². The van der Waals surface area contributed by atoms with Crippen molar-refractivity contribution in [2.24, 2.45) is 5.16 Å². The van der Waals surface area contributed by atoms with Gasteiger partial charge in [0.05, 0.1) is 32.0 Å². The molecule has 8 heteroatoms. The van der Waals surface area contributed by atoms with E-state index in [0.29, 0.717) is 28.6 Å². The molecule has 0 fully saturated rings. The number of hydrogen-bond donors (Lipinski definition) is 1. The monoisotopic (exact) mass is 368 g/mol. The summed E-state index contributed by atoms with van der Waals surface area (Å²) < 4.78 is 10.3. The minimum atomic E-state index is -0.245. The lowest BCUT2D eigenvalue weighted by atomic mass is 10.2. The van der Waals surface area contributed by atoms with Gasteiger partial charge in [0.2, 0.25) is 0 Å². The summed E-state index contributed by atoms with van der Waals surface area (Å²) in [5, 5.41) is 8.85. The molecular formula is C16H17ClN2O4S. The predicted molar refractivity (Wildman–Crippen MR) is 94.3 cm³/mol. The van der Waals surface area contributed by atoms with Crippen molar-refractivity contribution in [1.29, 1.82) is 0 Å². The fraction of sp³-hybridized carbons (Fsp3) is 0.250. The molecule has 1 amide bonds. The van der Waals surface area contributed by atoms with Crippen molar-refractivity contribution in [3.8, 4) is 11.5 Å². The number of ether oxygens (including phenoxy) is 2. The van der Waals surface area contributed by atoms with Gasteiger partial charge in [-0.1, -0.05) is 22.8 Å². The Morgan fingerprint density at radius 1 is 1.38 bits per heavy atom. The van der Waals surface area contributed by atoms with E-state index in [0.717, 1.165) is 4.88 Å². The molecule has 0 aliphatic rings. The highest BCUT2D eigenvalue weighted by Crippen LogP contribution is 2.35. The van der Waals surface area contributed by atoms with Crippen LogP contribution in [-0.2, 0) is 16.2 Å². The molecule has 0 radical (unpaired) electrons. The molecule has 24 heavy (non-hydrogen) atoms. The third-order valence-corrected chi connectivity index (χ3v) is 4.12. The Balaban J connectivity index is 1.83. The molecule has 0 bridgehead atoms. The van der Waals surface area contributed by atoms with Crippen LogP contribution in [0.25, 0.3) is 0 Å². The molecule has 1 heterocycles. The van der Waals surface area contributed by atoms with Gasteiger partial charge in [0.1, 0.15) is 0 Å². The van der Waals surface area contributed by atoms with Gasteiger partial charge >= 0.3 is 0 Å². The maximum atomic E-state index is 11.6. The average Bonchev–Trinajstić information content (AvgIpc) is 3.09. The van der Waals surface area contributed by atoms with Crippen molar-refractivity contribution in [2.45, 2.75) is 6.54 Å². The first-order valence-electron chi connectivity index (χ1n) is 7.00. The second kappa shape index (κ2) is 9.14.